The van der Waals surface area contributed by atoms with Crippen molar-refractivity contribution in [3.05, 3.63) is 56.2 Å². The van der Waals surface area contributed by atoms with Gasteiger partial charge in [-0.2, -0.15) is 0 Å². The van der Waals surface area contributed by atoms with E-state index in [-0.39, 0.29) is 22.3 Å². The number of ether oxygens (including phenoxy) is 1. The number of quaternary nitrogens is 1. The van der Waals surface area contributed by atoms with Crippen molar-refractivity contribution in [2.75, 3.05) is 20.3 Å². The monoisotopic (exact) mass is 373 g/mol. The Kier molecular flexibility index (Phi) is 4.39. The molecule has 7 nitrogen and oxygen atoms in total. The minimum Gasteiger partial charge on any atom is -0.494 e. The summed E-state index contributed by atoms with van der Waals surface area (Å²) in [6, 6.07) is 7.80. The van der Waals surface area contributed by atoms with Gasteiger partial charge in [0.25, 0.3) is 5.56 Å². The van der Waals surface area contributed by atoms with E-state index in [0.29, 0.717) is 18.7 Å². The third-order valence-corrected chi connectivity index (χ3v) is 5.31. The van der Waals surface area contributed by atoms with Crippen molar-refractivity contribution in [3.63, 3.8) is 0 Å². The molecule has 26 heavy (non-hydrogen) atoms. The molecule has 1 aromatic carbocycles. The van der Waals surface area contributed by atoms with Crippen LogP contribution >= 0.6 is 12.2 Å². The Morgan fingerprint density at radius 3 is 3.00 bits per heavy atom. The van der Waals surface area contributed by atoms with E-state index in [9.17, 15) is 9.90 Å². The number of benzene rings is 1. The Balaban J connectivity index is 1.90. The zero-order chi connectivity index (χ0) is 18.3. The number of para-hydroxylation sites is 1. The third kappa shape index (κ3) is 2.66. The van der Waals surface area contributed by atoms with Crippen LogP contribution in [-0.4, -0.2) is 39.9 Å². The van der Waals surface area contributed by atoms with Gasteiger partial charge in [0, 0.05) is 24.4 Å². The zero-order valence-electron chi connectivity index (χ0n) is 14.4. The van der Waals surface area contributed by atoms with E-state index < -0.39 is 0 Å². The molecule has 3 heterocycles. The Hall–Kier alpha value is -2.42. The van der Waals surface area contributed by atoms with Gasteiger partial charge in [0.05, 0.1) is 25.4 Å². The van der Waals surface area contributed by atoms with Gasteiger partial charge in [0.15, 0.2) is 10.8 Å². The summed E-state index contributed by atoms with van der Waals surface area (Å²) in [6.07, 6.45) is 0.914. The first-order valence-corrected chi connectivity index (χ1v) is 9.00. The quantitative estimate of drug-likeness (QED) is 0.512. The molecular weight excluding hydrogens is 352 g/mol. The van der Waals surface area contributed by atoms with Crippen LogP contribution in [0.5, 0.6) is 5.88 Å². The molecule has 8 heteroatoms. The molecule has 0 fully saturated rings. The molecule has 0 saturated carbocycles. The first-order valence-electron chi connectivity index (χ1n) is 8.59. The van der Waals surface area contributed by atoms with Gasteiger partial charge in [-0.3, -0.25) is 14.3 Å². The van der Waals surface area contributed by atoms with Crippen LogP contribution in [0.15, 0.2) is 29.1 Å². The van der Waals surface area contributed by atoms with E-state index in [0.717, 1.165) is 24.2 Å². The Bertz CT molecular complexity index is 1080. The second-order valence-electron chi connectivity index (χ2n) is 6.46. The number of nitrogens with two attached hydrogens (primary N) is 1. The highest BCUT2D eigenvalue weighted by molar-refractivity contribution is 7.71. The zero-order valence-corrected chi connectivity index (χ0v) is 15.2. The molecule has 4 rings (SSSR count). The van der Waals surface area contributed by atoms with Gasteiger partial charge in [0.2, 0.25) is 5.88 Å². The molecule has 1 atom stereocenters. The van der Waals surface area contributed by atoms with Crippen molar-refractivity contribution in [2.24, 2.45) is 0 Å². The van der Waals surface area contributed by atoms with Crippen LogP contribution in [0.3, 0.4) is 0 Å². The summed E-state index contributed by atoms with van der Waals surface area (Å²) in [7, 11) is 1.58. The van der Waals surface area contributed by atoms with Gasteiger partial charge in [-0.05, 0) is 23.8 Å². The fourth-order valence-electron chi connectivity index (χ4n) is 3.78. The predicted molar refractivity (Wildman–Crippen MR) is 100 cm³/mol. The maximum atomic E-state index is 12.7. The van der Waals surface area contributed by atoms with Crippen LogP contribution in [0.1, 0.15) is 22.9 Å². The smallest absolute Gasteiger partial charge is 0.265 e. The van der Waals surface area contributed by atoms with Crippen LogP contribution in [-0.2, 0) is 17.7 Å². The van der Waals surface area contributed by atoms with Crippen LogP contribution in [0, 0.1) is 4.77 Å². The average molecular weight is 373 g/mol. The fraction of sp³-hybridized carbons (Fsp3) is 0.333. The first-order chi connectivity index (χ1) is 12.6. The molecule has 1 aliphatic rings. The summed E-state index contributed by atoms with van der Waals surface area (Å²) in [5, 5.41) is 14.1. The SMILES string of the molecule is COCCn1c(O)c([C@H]2[NH2+]CCc3c2[nH]c2ccccc32)c(=O)[nH]c1=S. The number of hydrogen-bond acceptors (Lipinski definition) is 4. The van der Waals surface area contributed by atoms with Gasteiger partial charge >= 0.3 is 0 Å². The Morgan fingerprint density at radius 2 is 2.19 bits per heavy atom. The van der Waals surface area contributed by atoms with E-state index in [1.807, 2.05) is 18.2 Å². The Labute approximate surface area is 154 Å². The minimum absolute atomic E-state index is 0.0939. The lowest BCUT2D eigenvalue weighted by atomic mass is 9.95. The van der Waals surface area contributed by atoms with Gasteiger partial charge in [0.1, 0.15) is 5.56 Å². The second-order valence-corrected chi connectivity index (χ2v) is 6.84. The maximum Gasteiger partial charge on any atom is 0.265 e. The number of aromatic hydroxyl groups is 1. The van der Waals surface area contributed by atoms with Crippen molar-refractivity contribution >= 4 is 23.1 Å². The Morgan fingerprint density at radius 1 is 1.38 bits per heavy atom. The van der Waals surface area contributed by atoms with E-state index in [2.05, 4.69) is 21.4 Å². The third-order valence-electron chi connectivity index (χ3n) is 4.99. The van der Waals surface area contributed by atoms with Crippen LogP contribution in [0.4, 0.5) is 0 Å². The molecule has 0 spiro atoms. The molecule has 0 unspecified atom stereocenters. The summed E-state index contributed by atoms with van der Waals surface area (Å²) in [6.45, 7) is 1.60. The minimum atomic E-state index is -0.353. The number of rotatable bonds is 4. The van der Waals surface area contributed by atoms with Crippen LogP contribution in [0.2, 0.25) is 0 Å². The lowest BCUT2D eigenvalue weighted by Gasteiger charge is -2.22. The van der Waals surface area contributed by atoms with Crippen molar-refractivity contribution < 1.29 is 15.2 Å². The van der Waals surface area contributed by atoms with E-state index >= 15 is 0 Å². The largest absolute Gasteiger partial charge is 0.494 e. The molecular formula is C18H21N4O3S+. The summed E-state index contributed by atoms with van der Waals surface area (Å²) >= 11 is 5.21. The molecule has 3 aromatic rings. The summed E-state index contributed by atoms with van der Waals surface area (Å²) in [4.78, 5) is 18.8. The van der Waals surface area contributed by atoms with Gasteiger partial charge < -0.3 is 20.1 Å². The van der Waals surface area contributed by atoms with Gasteiger partial charge in [-0.1, -0.05) is 18.2 Å². The molecule has 0 radical (unpaired) electrons. The van der Waals surface area contributed by atoms with Crippen molar-refractivity contribution in [2.45, 2.75) is 19.0 Å². The second kappa shape index (κ2) is 6.71. The number of methoxy groups -OCH3 is 1. The normalized spacial score (nSPS) is 16.7. The number of fused-ring (bicyclic) bond motifs is 3. The van der Waals surface area contributed by atoms with Crippen LogP contribution < -0.4 is 10.9 Å². The molecule has 0 aliphatic carbocycles. The standard InChI is InChI=1S/C18H20N4O3S/c1-25-9-8-22-17(24)13(16(23)21-18(22)26)15-14-11(6-7-19-15)10-4-2-3-5-12(10)20-14/h2-5,15,19-20,24H,6-9H2,1H3,(H,21,23,26)/p+1/t15-/m1/s1. The lowest BCUT2D eigenvalue weighted by Crippen LogP contribution is -2.87. The molecule has 0 bridgehead atoms. The van der Waals surface area contributed by atoms with Crippen LogP contribution in [0.25, 0.3) is 10.9 Å². The molecule has 5 N–H and O–H groups in total. The highest BCUT2D eigenvalue weighted by Gasteiger charge is 2.33. The van der Waals surface area contributed by atoms with Gasteiger partial charge in [-0.15, -0.1) is 0 Å². The molecule has 1 aliphatic heterocycles. The van der Waals surface area contributed by atoms with E-state index in [1.165, 1.54) is 15.5 Å². The maximum absolute atomic E-state index is 12.7. The van der Waals surface area contributed by atoms with Crippen molar-refractivity contribution in [1.29, 1.82) is 0 Å². The summed E-state index contributed by atoms with van der Waals surface area (Å²) < 4.78 is 6.79. The lowest BCUT2D eigenvalue weighted by molar-refractivity contribution is -0.690. The number of hydrogen-bond donors (Lipinski definition) is 4. The predicted octanol–water partition coefficient (Wildman–Crippen LogP) is 0.948. The molecule has 0 saturated heterocycles. The number of aromatic amines is 2. The topological polar surface area (TPSA) is 99.6 Å². The first kappa shape index (κ1) is 17.0. The number of H-pyrrole nitrogens is 2. The molecule has 2 aromatic heterocycles. The van der Waals surface area contributed by atoms with Crippen molar-refractivity contribution in [3.8, 4) is 5.88 Å². The number of nitrogens with one attached hydrogen (secondary N) is 2. The molecule has 0 amide bonds. The van der Waals surface area contributed by atoms with E-state index in [1.54, 1.807) is 7.11 Å². The number of aromatic nitrogens is 3. The van der Waals surface area contributed by atoms with Gasteiger partial charge in [-0.25, -0.2) is 0 Å². The highest BCUT2D eigenvalue weighted by Crippen LogP contribution is 2.32. The summed E-state index contributed by atoms with van der Waals surface area (Å²) in [5.41, 5.74) is 3.18. The summed E-state index contributed by atoms with van der Waals surface area (Å²) in [5.74, 6) is -0.0939. The van der Waals surface area contributed by atoms with Crippen molar-refractivity contribution in [1.82, 2.24) is 14.5 Å². The fourth-order valence-corrected chi connectivity index (χ4v) is 4.05. The van der Waals surface area contributed by atoms with E-state index in [4.69, 9.17) is 17.0 Å². The number of nitrogens with zero attached hydrogens (tertiary/aromatic N) is 1. The highest BCUT2D eigenvalue weighted by atomic mass is 32.1. The average Bonchev–Trinajstić information content (AvgIpc) is 3.01. The molecule has 136 valence electrons.